The quantitative estimate of drug-likeness (QED) is 0.332. The van der Waals surface area contributed by atoms with Gasteiger partial charge in [-0.2, -0.15) is 4.99 Å². The number of benzene rings is 2. The number of carbonyl (C=O) groups is 1. The van der Waals surface area contributed by atoms with E-state index in [0.717, 1.165) is 43.6 Å². The number of aliphatic hydroxyl groups excluding tert-OH is 1. The fourth-order valence-electron chi connectivity index (χ4n) is 4.03. The Hall–Kier alpha value is -2.70. The van der Waals surface area contributed by atoms with E-state index in [0.29, 0.717) is 39.4 Å². The molecule has 0 aliphatic carbocycles. The number of piperazine rings is 1. The summed E-state index contributed by atoms with van der Waals surface area (Å²) in [5.41, 5.74) is 2.85. The summed E-state index contributed by atoms with van der Waals surface area (Å²) in [6, 6.07) is 10.1. The van der Waals surface area contributed by atoms with Crippen LogP contribution in [0.4, 0.5) is 5.69 Å². The van der Waals surface area contributed by atoms with Crippen LogP contribution in [0.1, 0.15) is 16.7 Å². The van der Waals surface area contributed by atoms with Crippen molar-refractivity contribution in [2.75, 3.05) is 50.9 Å². The summed E-state index contributed by atoms with van der Waals surface area (Å²) in [5, 5.41) is 21.2. The molecule has 196 valence electrons. The summed E-state index contributed by atoms with van der Waals surface area (Å²) >= 11 is 7.63. The number of amidine groups is 1. The third kappa shape index (κ3) is 6.79. The highest BCUT2D eigenvalue weighted by molar-refractivity contribution is 8.18. The minimum atomic E-state index is -3.34. The molecule has 0 bridgehead atoms. The number of aliphatic imine (C=N–C) groups is 1. The molecule has 0 atom stereocenters. The molecule has 2 aromatic carbocycles. The number of amides is 1. The largest absolute Gasteiger partial charge is 0.395 e. The smallest absolute Gasteiger partial charge is 0.286 e. The zero-order valence-corrected chi connectivity index (χ0v) is 22.7. The molecular formula is C25H28ClN5O4S2. The third-order valence-electron chi connectivity index (χ3n) is 6.12. The Kier molecular flexibility index (Phi) is 8.71. The summed E-state index contributed by atoms with van der Waals surface area (Å²) in [6.45, 7) is 4.29. The van der Waals surface area contributed by atoms with Crippen molar-refractivity contribution in [2.24, 2.45) is 4.99 Å². The van der Waals surface area contributed by atoms with Crippen molar-refractivity contribution in [1.82, 2.24) is 9.80 Å². The van der Waals surface area contributed by atoms with Crippen molar-refractivity contribution in [3.05, 3.63) is 63.0 Å². The molecule has 3 N–H and O–H groups in total. The van der Waals surface area contributed by atoms with Gasteiger partial charge in [-0.15, -0.1) is 0 Å². The van der Waals surface area contributed by atoms with Crippen molar-refractivity contribution >= 4 is 62.3 Å². The first-order chi connectivity index (χ1) is 17.7. The highest BCUT2D eigenvalue weighted by Gasteiger charge is 2.28. The standard InChI is InChI=1S/C25H28ClN5O4S2/c1-37(34,35)20-4-3-18(21(26)14-20)16-28-22-5-2-17(12-19(22)15-27)13-23-24(33)29-25(36-23)31-8-6-30(7-9-31)10-11-32/h2-5,12-15,27-28,32H,6-11,16H2,1H3/b23-13-,27-15?. The van der Waals surface area contributed by atoms with Crippen LogP contribution in [0.25, 0.3) is 6.08 Å². The number of β-amino-alcohol motifs (C(OH)–C–C–N with tert-alkyl or cyclic N) is 1. The second-order valence-electron chi connectivity index (χ2n) is 8.73. The average Bonchev–Trinajstić information content (AvgIpc) is 3.23. The van der Waals surface area contributed by atoms with Crippen molar-refractivity contribution < 1.29 is 18.3 Å². The molecule has 1 saturated heterocycles. The molecule has 0 unspecified atom stereocenters. The molecule has 0 spiro atoms. The van der Waals surface area contributed by atoms with Gasteiger partial charge in [0, 0.05) is 68.0 Å². The van der Waals surface area contributed by atoms with Gasteiger partial charge in [0.2, 0.25) is 0 Å². The van der Waals surface area contributed by atoms with Gasteiger partial charge in [0.1, 0.15) is 0 Å². The molecular weight excluding hydrogens is 534 g/mol. The zero-order chi connectivity index (χ0) is 26.6. The predicted molar refractivity (Wildman–Crippen MR) is 149 cm³/mol. The van der Waals surface area contributed by atoms with Gasteiger partial charge < -0.3 is 20.7 Å². The molecule has 1 fully saturated rings. The lowest BCUT2D eigenvalue weighted by Crippen LogP contribution is -2.48. The fourth-order valence-corrected chi connectivity index (χ4v) is 5.96. The highest BCUT2D eigenvalue weighted by Crippen LogP contribution is 2.31. The normalized spacial score (nSPS) is 17.8. The molecule has 4 rings (SSSR count). The molecule has 9 nitrogen and oxygen atoms in total. The number of sulfone groups is 1. The van der Waals surface area contributed by atoms with Gasteiger partial charge in [-0.3, -0.25) is 9.69 Å². The van der Waals surface area contributed by atoms with E-state index in [1.54, 1.807) is 12.1 Å². The molecule has 0 saturated carbocycles. The van der Waals surface area contributed by atoms with Crippen LogP contribution in [0.2, 0.25) is 5.02 Å². The minimum absolute atomic E-state index is 0.138. The monoisotopic (exact) mass is 561 g/mol. The zero-order valence-electron chi connectivity index (χ0n) is 20.3. The SMILES string of the molecule is CS(=O)(=O)c1ccc(CNc2ccc(/C=C3\SC(N4CCN(CCO)CC4)=NC3=O)cc2C=N)c(Cl)c1. The maximum absolute atomic E-state index is 12.5. The Morgan fingerprint density at radius 2 is 1.95 bits per heavy atom. The van der Waals surface area contributed by atoms with Gasteiger partial charge in [-0.05, 0) is 53.2 Å². The van der Waals surface area contributed by atoms with Gasteiger partial charge in [-0.25, -0.2) is 8.42 Å². The molecule has 1 amide bonds. The van der Waals surface area contributed by atoms with Crippen molar-refractivity contribution in [2.45, 2.75) is 11.4 Å². The summed E-state index contributed by atoms with van der Waals surface area (Å²) < 4.78 is 23.4. The number of nitrogens with zero attached hydrogens (tertiary/aromatic N) is 3. The molecule has 12 heteroatoms. The van der Waals surface area contributed by atoms with Gasteiger partial charge in [0.05, 0.1) is 16.4 Å². The Morgan fingerprint density at radius 1 is 1.19 bits per heavy atom. The third-order valence-corrected chi connectivity index (χ3v) is 8.63. The first-order valence-electron chi connectivity index (χ1n) is 11.7. The Morgan fingerprint density at radius 3 is 2.59 bits per heavy atom. The molecule has 2 heterocycles. The summed E-state index contributed by atoms with van der Waals surface area (Å²) in [5.74, 6) is -0.274. The van der Waals surface area contributed by atoms with E-state index in [1.807, 2.05) is 18.2 Å². The van der Waals surface area contributed by atoms with Crippen LogP contribution in [0, 0.1) is 5.41 Å². The number of hydrogen-bond donors (Lipinski definition) is 3. The van der Waals surface area contributed by atoms with Crippen molar-refractivity contribution in [3.8, 4) is 0 Å². The fraction of sp³-hybridized carbons (Fsp3) is 0.320. The van der Waals surface area contributed by atoms with E-state index >= 15 is 0 Å². The number of anilines is 1. The maximum Gasteiger partial charge on any atom is 0.286 e. The second kappa shape index (κ2) is 11.8. The maximum atomic E-state index is 12.5. The van der Waals surface area contributed by atoms with Crippen LogP contribution >= 0.6 is 23.4 Å². The molecule has 0 aromatic heterocycles. The molecule has 2 aliphatic heterocycles. The summed E-state index contributed by atoms with van der Waals surface area (Å²) in [7, 11) is -3.34. The van der Waals surface area contributed by atoms with Crippen molar-refractivity contribution in [3.63, 3.8) is 0 Å². The Labute approximate surface area is 225 Å². The predicted octanol–water partition coefficient (Wildman–Crippen LogP) is 2.93. The number of rotatable bonds is 8. The number of aliphatic hydroxyl groups is 1. The number of thioether (sulfide) groups is 1. The number of hydrogen-bond acceptors (Lipinski definition) is 9. The summed E-state index contributed by atoms with van der Waals surface area (Å²) in [4.78, 5) is 21.8. The lowest BCUT2D eigenvalue weighted by atomic mass is 10.1. The first-order valence-corrected chi connectivity index (χ1v) is 14.7. The van der Waals surface area contributed by atoms with E-state index in [2.05, 4.69) is 20.1 Å². The van der Waals surface area contributed by atoms with Crippen LogP contribution in [0.5, 0.6) is 0 Å². The van der Waals surface area contributed by atoms with E-state index in [9.17, 15) is 13.2 Å². The first kappa shape index (κ1) is 27.3. The van der Waals surface area contributed by atoms with Gasteiger partial charge in [-0.1, -0.05) is 23.7 Å². The minimum Gasteiger partial charge on any atom is -0.395 e. The topological polar surface area (TPSA) is 126 Å². The Bertz CT molecular complexity index is 1370. The molecule has 2 aromatic rings. The number of carbonyl (C=O) groups excluding carboxylic acids is 1. The van der Waals surface area contributed by atoms with Crippen LogP contribution < -0.4 is 5.32 Å². The Balaban J connectivity index is 1.41. The summed E-state index contributed by atoms with van der Waals surface area (Å²) in [6.07, 6.45) is 4.15. The van der Waals surface area contributed by atoms with Crippen LogP contribution in [-0.2, 0) is 21.2 Å². The molecule has 37 heavy (non-hydrogen) atoms. The van der Waals surface area contributed by atoms with Crippen LogP contribution in [0.3, 0.4) is 0 Å². The lowest BCUT2D eigenvalue weighted by Gasteiger charge is -2.34. The van der Waals surface area contributed by atoms with Gasteiger partial charge in [0.25, 0.3) is 5.91 Å². The van der Waals surface area contributed by atoms with Gasteiger partial charge >= 0.3 is 0 Å². The van der Waals surface area contributed by atoms with Crippen LogP contribution in [-0.4, -0.2) is 86.2 Å². The highest BCUT2D eigenvalue weighted by atomic mass is 35.5. The van der Waals surface area contributed by atoms with E-state index in [-0.39, 0.29) is 17.4 Å². The van der Waals surface area contributed by atoms with Crippen LogP contribution in [0.15, 0.2) is 51.2 Å². The average molecular weight is 562 g/mol. The second-order valence-corrected chi connectivity index (χ2v) is 12.2. The number of nitrogens with one attached hydrogen (secondary N) is 2. The van der Waals surface area contributed by atoms with Crippen molar-refractivity contribution in [1.29, 1.82) is 5.41 Å². The molecule has 2 aliphatic rings. The van der Waals surface area contributed by atoms with E-state index in [4.69, 9.17) is 22.1 Å². The number of halogens is 1. The molecule has 0 radical (unpaired) electrons. The van der Waals surface area contributed by atoms with Gasteiger partial charge in [0.15, 0.2) is 15.0 Å². The lowest BCUT2D eigenvalue weighted by molar-refractivity contribution is -0.113. The van der Waals surface area contributed by atoms with E-state index < -0.39 is 9.84 Å². The van der Waals surface area contributed by atoms with E-state index in [1.165, 1.54) is 30.1 Å².